The van der Waals surface area contributed by atoms with Gasteiger partial charge in [0, 0.05) is 24.5 Å². The molecule has 11 heteroatoms. The van der Waals surface area contributed by atoms with Crippen molar-refractivity contribution in [2.75, 3.05) is 38.8 Å². The van der Waals surface area contributed by atoms with Gasteiger partial charge in [0.05, 0.1) is 39.8 Å². The number of carbonyl (C=O) groups excluding carboxylic acids is 4. The Labute approximate surface area is 288 Å². The molecule has 0 saturated heterocycles. The third-order valence-electron chi connectivity index (χ3n) is 7.55. The molecule has 0 bridgehead atoms. The quantitative estimate of drug-likeness (QED) is 0.145. The number of amides is 3. The lowest BCUT2D eigenvalue weighted by molar-refractivity contribution is -0.141. The van der Waals surface area contributed by atoms with E-state index in [0.29, 0.717) is 24.4 Å². The number of aryl methyl sites for hydroxylation is 1. The van der Waals surface area contributed by atoms with E-state index in [2.05, 4.69) is 15.6 Å². The molecule has 11 nitrogen and oxygen atoms in total. The van der Waals surface area contributed by atoms with E-state index < -0.39 is 24.0 Å². The lowest BCUT2D eigenvalue weighted by Crippen LogP contribution is -2.39. The molecule has 0 radical (unpaired) electrons. The molecule has 260 valence electrons. The zero-order chi connectivity index (χ0) is 35.8. The van der Waals surface area contributed by atoms with Crippen LogP contribution in [0.5, 0.6) is 5.75 Å². The topological polar surface area (TPSA) is 136 Å². The Morgan fingerprint density at radius 3 is 2.24 bits per heavy atom. The van der Waals surface area contributed by atoms with Gasteiger partial charge in [-0.25, -0.2) is 9.78 Å². The van der Waals surface area contributed by atoms with Crippen molar-refractivity contribution in [3.63, 3.8) is 0 Å². The molecule has 0 spiro atoms. The summed E-state index contributed by atoms with van der Waals surface area (Å²) in [5, 5.41) is 7.50. The van der Waals surface area contributed by atoms with Gasteiger partial charge in [0.25, 0.3) is 0 Å². The number of methoxy groups -OCH3 is 2. The smallest absolute Gasteiger partial charge is 0.415 e. The number of rotatable bonds is 14. The van der Waals surface area contributed by atoms with Gasteiger partial charge in [-0.3, -0.25) is 19.3 Å². The van der Waals surface area contributed by atoms with E-state index in [1.807, 2.05) is 94.4 Å². The molecule has 3 aromatic carbocycles. The summed E-state index contributed by atoms with van der Waals surface area (Å²) in [5.41, 5.74) is 3.63. The molecule has 1 unspecified atom stereocenters. The van der Waals surface area contributed by atoms with Gasteiger partial charge in [0.15, 0.2) is 0 Å². The maximum Gasteiger partial charge on any atom is 0.415 e. The summed E-state index contributed by atoms with van der Waals surface area (Å²) in [4.78, 5) is 55.5. The first-order valence-electron chi connectivity index (χ1n) is 16.4. The Kier molecular flexibility index (Phi) is 15.0. The van der Waals surface area contributed by atoms with Crippen LogP contribution in [0.25, 0.3) is 21.9 Å². The van der Waals surface area contributed by atoms with Gasteiger partial charge in [0.2, 0.25) is 11.8 Å². The van der Waals surface area contributed by atoms with Crippen LogP contribution in [0.15, 0.2) is 79.0 Å². The minimum Gasteiger partial charge on any atom is -0.493 e. The molecule has 0 aliphatic carbocycles. The monoisotopic (exact) mass is 670 g/mol. The number of anilines is 1. The number of pyridine rings is 1. The number of aromatic nitrogens is 1. The van der Waals surface area contributed by atoms with Crippen molar-refractivity contribution in [2.24, 2.45) is 0 Å². The molecule has 1 atom stereocenters. The summed E-state index contributed by atoms with van der Waals surface area (Å²) >= 11 is 0. The van der Waals surface area contributed by atoms with Crippen LogP contribution in [0.4, 0.5) is 10.6 Å². The SMILES string of the molecule is CC.CCOc1ccc(-c2ccc(C(CC(=O)OC)NC(=O)CNC(=O)CCCN(C(=O)OC)c3cc(C)ccn3)cc2)c2ccccc12. The number of benzene rings is 3. The fraction of sp³-hybridized carbons (Fsp3) is 0.342. The molecule has 4 rings (SSSR count). The second-order valence-corrected chi connectivity index (χ2v) is 10.8. The number of nitrogens with zero attached hydrogens (tertiary/aromatic N) is 2. The van der Waals surface area contributed by atoms with Gasteiger partial charge < -0.3 is 24.8 Å². The number of hydrogen-bond acceptors (Lipinski definition) is 8. The van der Waals surface area contributed by atoms with Crippen molar-refractivity contribution in [3.8, 4) is 16.9 Å². The van der Waals surface area contributed by atoms with Crippen LogP contribution in [0.3, 0.4) is 0 Å². The van der Waals surface area contributed by atoms with Crippen molar-refractivity contribution >= 4 is 40.5 Å². The van der Waals surface area contributed by atoms with Crippen molar-refractivity contribution < 1.29 is 33.4 Å². The molecule has 4 aromatic rings. The van der Waals surface area contributed by atoms with Crippen LogP contribution in [0.2, 0.25) is 0 Å². The second-order valence-electron chi connectivity index (χ2n) is 10.8. The Hall–Kier alpha value is -5.45. The number of hydrogen-bond donors (Lipinski definition) is 2. The van der Waals surface area contributed by atoms with Crippen molar-refractivity contribution in [3.05, 3.63) is 90.1 Å². The Balaban J connectivity index is 0.00000319. The third-order valence-corrected chi connectivity index (χ3v) is 7.55. The average molecular weight is 671 g/mol. The normalized spacial score (nSPS) is 11.0. The summed E-state index contributed by atoms with van der Waals surface area (Å²) in [7, 11) is 2.57. The molecule has 0 fully saturated rings. The Morgan fingerprint density at radius 1 is 0.878 bits per heavy atom. The molecule has 49 heavy (non-hydrogen) atoms. The predicted octanol–water partition coefficient (Wildman–Crippen LogP) is 6.52. The number of carbonyl (C=O) groups is 4. The number of ether oxygens (including phenoxy) is 3. The van der Waals surface area contributed by atoms with E-state index in [4.69, 9.17) is 14.2 Å². The maximum absolute atomic E-state index is 12.9. The highest BCUT2D eigenvalue weighted by Crippen LogP contribution is 2.35. The van der Waals surface area contributed by atoms with Crippen LogP contribution in [0, 0.1) is 6.92 Å². The summed E-state index contributed by atoms with van der Waals surface area (Å²) in [6, 6.07) is 22.5. The summed E-state index contributed by atoms with van der Waals surface area (Å²) in [6.07, 6.45) is 1.31. The molecule has 2 N–H and O–H groups in total. The first-order chi connectivity index (χ1) is 23.7. The van der Waals surface area contributed by atoms with E-state index >= 15 is 0 Å². The third kappa shape index (κ3) is 10.8. The standard InChI is InChI=1S/C36H40N4O7.C2H6/c1-5-47-31-17-16-27(28-9-6-7-10-29(28)31)25-12-14-26(15-13-25)30(22-35(43)45-3)39-34(42)23-38-33(41)11-8-20-40(36(44)46-4)32-21-24(2)18-19-37-32;1-2/h6-7,9-10,12-19,21,30H,5,8,11,20,22-23H2,1-4H3,(H,38,41)(H,39,42);1-2H3. The lowest BCUT2D eigenvalue weighted by Gasteiger charge is -2.20. The molecule has 1 aromatic heterocycles. The van der Waals surface area contributed by atoms with Crippen molar-refractivity contribution in [2.45, 2.75) is 53.0 Å². The van der Waals surface area contributed by atoms with Crippen LogP contribution in [0.1, 0.15) is 57.2 Å². The summed E-state index contributed by atoms with van der Waals surface area (Å²) < 4.78 is 15.5. The highest BCUT2D eigenvalue weighted by molar-refractivity contribution is 6.00. The van der Waals surface area contributed by atoms with E-state index in [0.717, 1.165) is 33.2 Å². The number of esters is 1. The Morgan fingerprint density at radius 2 is 1.59 bits per heavy atom. The summed E-state index contributed by atoms with van der Waals surface area (Å²) in [5.74, 6) is -0.0694. The van der Waals surface area contributed by atoms with E-state index in [-0.39, 0.29) is 31.8 Å². The molecular formula is C38H46N4O7. The maximum atomic E-state index is 12.9. The van der Waals surface area contributed by atoms with Crippen LogP contribution in [-0.2, 0) is 23.9 Å². The van der Waals surface area contributed by atoms with Crippen LogP contribution < -0.4 is 20.3 Å². The van der Waals surface area contributed by atoms with E-state index in [9.17, 15) is 19.2 Å². The highest BCUT2D eigenvalue weighted by atomic mass is 16.5. The molecule has 0 aliphatic rings. The van der Waals surface area contributed by atoms with Crippen LogP contribution >= 0.6 is 0 Å². The van der Waals surface area contributed by atoms with Gasteiger partial charge in [-0.1, -0.05) is 68.4 Å². The number of fused-ring (bicyclic) bond motifs is 1. The fourth-order valence-corrected chi connectivity index (χ4v) is 5.19. The van der Waals surface area contributed by atoms with Gasteiger partial charge >= 0.3 is 12.1 Å². The fourth-order valence-electron chi connectivity index (χ4n) is 5.19. The van der Waals surface area contributed by atoms with Gasteiger partial charge in [-0.15, -0.1) is 0 Å². The van der Waals surface area contributed by atoms with Crippen LogP contribution in [-0.4, -0.2) is 62.8 Å². The largest absolute Gasteiger partial charge is 0.493 e. The van der Waals surface area contributed by atoms with E-state index in [1.54, 1.807) is 12.3 Å². The first kappa shape index (κ1) is 38.0. The van der Waals surface area contributed by atoms with Crippen molar-refractivity contribution in [1.82, 2.24) is 15.6 Å². The minimum absolute atomic E-state index is 0.0693. The second kappa shape index (κ2) is 19.4. The van der Waals surface area contributed by atoms with E-state index in [1.165, 1.54) is 19.1 Å². The first-order valence-corrected chi connectivity index (χ1v) is 16.4. The minimum atomic E-state index is -0.673. The number of nitrogens with one attached hydrogen (secondary N) is 2. The van der Waals surface area contributed by atoms with Gasteiger partial charge in [-0.05, 0) is 66.1 Å². The molecular weight excluding hydrogens is 624 g/mol. The average Bonchev–Trinajstić information content (AvgIpc) is 3.13. The van der Waals surface area contributed by atoms with Gasteiger partial charge in [0.1, 0.15) is 11.6 Å². The lowest BCUT2D eigenvalue weighted by atomic mass is 9.95. The van der Waals surface area contributed by atoms with Gasteiger partial charge in [-0.2, -0.15) is 0 Å². The predicted molar refractivity (Wildman–Crippen MR) is 190 cm³/mol. The zero-order valence-electron chi connectivity index (χ0n) is 29.1. The molecule has 1 heterocycles. The molecule has 3 amide bonds. The highest BCUT2D eigenvalue weighted by Gasteiger charge is 2.21. The molecule has 0 saturated carbocycles. The zero-order valence-corrected chi connectivity index (χ0v) is 29.1. The molecule has 0 aliphatic heterocycles. The Bertz CT molecular complexity index is 1710. The van der Waals surface area contributed by atoms with Crippen molar-refractivity contribution in [1.29, 1.82) is 0 Å². The summed E-state index contributed by atoms with van der Waals surface area (Å²) in [6.45, 7) is 8.32.